The zero-order valence-electron chi connectivity index (χ0n) is 12.2. The number of benzene rings is 2. The van der Waals surface area contributed by atoms with Gasteiger partial charge in [0.2, 0.25) is 0 Å². The van der Waals surface area contributed by atoms with Gasteiger partial charge >= 0.3 is 0 Å². The maximum Gasteiger partial charge on any atom is 0.251 e. The lowest BCUT2D eigenvalue weighted by Crippen LogP contribution is -2.22. The molecule has 2 nitrogen and oxygen atoms in total. The number of carbonyl (C=O) groups is 1. The van der Waals surface area contributed by atoms with Crippen LogP contribution < -0.4 is 5.32 Å². The van der Waals surface area contributed by atoms with E-state index >= 15 is 0 Å². The second kappa shape index (κ2) is 7.25. The molecule has 0 saturated carbocycles. The lowest BCUT2D eigenvalue weighted by Gasteiger charge is -2.08. The first-order chi connectivity index (χ1) is 10.2. The lowest BCUT2D eigenvalue weighted by molar-refractivity contribution is 0.0951. The molecule has 0 bridgehead atoms. The third-order valence-electron chi connectivity index (χ3n) is 3.21. The topological polar surface area (TPSA) is 29.1 Å². The first-order valence-electron chi connectivity index (χ1n) is 6.96. The summed E-state index contributed by atoms with van der Waals surface area (Å²) in [5.41, 5.74) is 3.76. The molecule has 0 aromatic heterocycles. The molecule has 0 atom stereocenters. The molecule has 2 aromatic carbocycles. The molecule has 106 valence electrons. The van der Waals surface area contributed by atoms with Crippen molar-refractivity contribution in [3.05, 3.63) is 83.4 Å². The van der Waals surface area contributed by atoms with E-state index in [0.717, 1.165) is 16.7 Å². The third-order valence-corrected chi connectivity index (χ3v) is 3.21. The average molecular weight is 277 g/mol. The number of allylic oxidation sites excluding steroid dienone is 1. The molecule has 1 amide bonds. The largest absolute Gasteiger partial charge is 0.348 e. The highest BCUT2D eigenvalue weighted by Gasteiger charge is 2.07. The smallest absolute Gasteiger partial charge is 0.251 e. The number of amides is 1. The molecule has 1 N–H and O–H groups in total. The van der Waals surface area contributed by atoms with E-state index in [9.17, 15) is 4.79 Å². The molecule has 0 spiro atoms. The van der Waals surface area contributed by atoms with Gasteiger partial charge in [-0.3, -0.25) is 4.79 Å². The van der Waals surface area contributed by atoms with Gasteiger partial charge in [-0.25, -0.2) is 0 Å². The zero-order chi connectivity index (χ0) is 15.1. The summed E-state index contributed by atoms with van der Waals surface area (Å²) in [7, 11) is 0. The van der Waals surface area contributed by atoms with Crippen LogP contribution in [0.5, 0.6) is 0 Å². The van der Waals surface area contributed by atoms with Crippen LogP contribution in [0.3, 0.4) is 0 Å². The number of hydrogen-bond donors (Lipinski definition) is 1. The summed E-state index contributed by atoms with van der Waals surface area (Å²) in [5.74, 6) is -0.0692. The van der Waals surface area contributed by atoms with E-state index in [0.29, 0.717) is 12.1 Å². The van der Waals surface area contributed by atoms with Crippen LogP contribution in [0.25, 0.3) is 12.2 Å². The Balaban J connectivity index is 2.12. The van der Waals surface area contributed by atoms with Gasteiger partial charge < -0.3 is 5.32 Å². The highest BCUT2D eigenvalue weighted by molar-refractivity contribution is 5.95. The van der Waals surface area contributed by atoms with Crippen molar-refractivity contribution in [1.29, 1.82) is 0 Å². The molecule has 0 radical (unpaired) electrons. The molecular formula is C19H19NO. The van der Waals surface area contributed by atoms with Crippen LogP contribution in [0.1, 0.15) is 34.0 Å². The Morgan fingerprint density at radius 2 is 1.90 bits per heavy atom. The maximum absolute atomic E-state index is 12.2. The Labute approximate surface area is 125 Å². The Hall–Kier alpha value is -2.61. The zero-order valence-corrected chi connectivity index (χ0v) is 12.2. The van der Waals surface area contributed by atoms with Gasteiger partial charge in [0.25, 0.3) is 5.91 Å². The molecule has 2 heteroatoms. The molecule has 0 unspecified atom stereocenters. The third kappa shape index (κ3) is 3.93. The first kappa shape index (κ1) is 14.8. The van der Waals surface area contributed by atoms with Gasteiger partial charge in [-0.15, -0.1) is 0 Å². The minimum absolute atomic E-state index is 0.0692. The molecule has 2 aromatic rings. The number of rotatable bonds is 5. The standard InChI is InChI=1S/C19H19NO/c1-3-8-17-13-18(12-11-16(17)4-2)19(21)20-14-15-9-6-5-7-10-15/h3-13H,2,14H2,1H3,(H,20,21)/b8-3-. The fraction of sp³-hybridized carbons (Fsp3) is 0.105. The Bertz CT molecular complexity index is 657. The van der Waals surface area contributed by atoms with Crippen molar-refractivity contribution in [3.63, 3.8) is 0 Å². The molecular weight excluding hydrogens is 258 g/mol. The molecule has 21 heavy (non-hydrogen) atoms. The van der Waals surface area contributed by atoms with Gasteiger partial charge in [-0.2, -0.15) is 0 Å². The summed E-state index contributed by atoms with van der Waals surface area (Å²) < 4.78 is 0. The van der Waals surface area contributed by atoms with Crippen molar-refractivity contribution < 1.29 is 4.79 Å². The van der Waals surface area contributed by atoms with E-state index in [2.05, 4.69) is 11.9 Å². The maximum atomic E-state index is 12.2. The normalized spacial score (nSPS) is 10.5. The first-order valence-corrected chi connectivity index (χ1v) is 6.96. The Kier molecular flexibility index (Phi) is 5.10. The Morgan fingerprint density at radius 1 is 1.14 bits per heavy atom. The van der Waals surface area contributed by atoms with E-state index in [1.165, 1.54) is 0 Å². The average Bonchev–Trinajstić information content (AvgIpc) is 2.54. The van der Waals surface area contributed by atoms with Gasteiger partial charge in [0.05, 0.1) is 0 Å². The lowest BCUT2D eigenvalue weighted by atomic mass is 10.0. The van der Waals surface area contributed by atoms with Crippen LogP contribution >= 0.6 is 0 Å². The molecule has 0 fully saturated rings. The summed E-state index contributed by atoms with van der Waals surface area (Å²) in [6.07, 6.45) is 5.72. The summed E-state index contributed by atoms with van der Waals surface area (Å²) >= 11 is 0. The van der Waals surface area contributed by atoms with Gasteiger partial charge in [-0.05, 0) is 35.7 Å². The quantitative estimate of drug-likeness (QED) is 0.867. The molecule has 0 aliphatic heterocycles. The Morgan fingerprint density at radius 3 is 2.57 bits per heavy atom. The minimum atomic E-state index is -0.0692. The number of carbonyl (C=O) groups excluding carboxylic acids is 1. The highest BCUT2D eigenvalue weighted by atomic mass is 16.1. The molecule has 2 rings (SSSR count). The second-order valence-electron chi connectivity index (χ2n) is 4.72. The van der Waals surface area contributed by atoms with Crippen molar-refractivity contribution in [2.45, 2.75) is 13.5 Å². The van der Waals surface area contributed by atoms with Crippen molar-refractivity contribution >= 4 is 18.1 Å². The predicted molar refractivity (Wildman–Crippen MR) is 88.9 cm³/mol. The molecule has 0 saturated heterocycles. The van der Waals surface area contributed by atoms with Gasteiger partial charge in [0.1, 0.15) is 0 Å². The van der Waals surface area contributed by atoms with E-state index in [1.807, 2.05) is 67.6 Å². The number of nitrogens with one attached hydrogen (secondary N) is 1. The van der Waals surface area contributed by atoms with Crippen LogP contribution in [-0.4, -0.2) is 5.91 Å². The molecule has 0 aliphatic carbocycles. The van der Waals surface area contributed by atoms with Crippen molar-refractivity contribution in [2.24, 2.45) is 0 Å². The van der Waals surface area contributed by atoms with Gasteiger partial charge in [-0.1, -0.05) is 61.2 Å². The second-order valence-corrected chi connectivity index (χ2v) is 4.72. The van der Waals surface area contributed by atoms with Crippen LogP contribution in [0.2, 0.25) is 0 Å². The van der Waals surface area contributed by atoms with E-state index < -0.39 is 0 Å². The van der Waals surface area contributed by atoms with Crippen molar-refractivity contribution in [2.75, 3.05) is 0 Å². The molecule has 0 heterocycles. The summed E-state index contributed by atoms with van der Waals surface area (Å²) in [4.78, 5) is 12.2. The monoisotopic (exact) mass is 277 g/mol. The van der Waals surface area contributed by atoms with Crippen molar-refractivity contribution in [3.8, 4) is 0 Å². The minimum Gasteiger partial charge on any atom is -0.348 e. The fourth-order valence-corrected chi connectivity index (χ4v) is 2.11. The van der Waals surface area contributed by atoms with E-state index in [4.69, 9.17) is 0 Å². The predicted octanol–water partition coefficient (Wildman–Crippen LogP) is 4.29. The summed E-state index contributed by atoms with van der Waals surface area (Å²) in [6.45, 7) is 6.27. The summed E-state index contributed by atoms with van der Waals surface area (Å²) in [6, 6.07) is 15.5. The van der Waals surface area contributed by atoms with Crippen LogP contribution in [0, 0.1) is 0 Å². The van der Waals surface area contributed by atoms with Crippen LogP contribution in [0.4, 0.5) is 0 Å². The molecule has 0 aliphatic rings. The number of hydrogen-bond acceptors (Lipinski definition) is 1. The summed E-state index contributed by atoms with van der Waals surface area (Å²) in [5, 5.41) is 2.93. The van der Waals surface area contributed by atoms with Crippen molar-refractivity contribution in [1.82, 2.24) is 5.32 Å². The van der Waals surface area contributed by atoms with Crippen LogP contribution in [-0.2, 0) is 6.54 Å². The van der Waals surface area contributed by atoms with E-state index in [1.54, 1.807) is 6.08 Å². The SMILES string of the molecule is C=Cc1ccc(C(=O)NCc2ccccc2)cc1/C=C\C. The van der Waals surface area contributed by atoms with Crippen LogP contribution in [0.15, 0.2) is 61.2 Å². The van der Waals surface area contributed by atoms with Gasteiger partial charge in [0, 0.05) is 12.1 Å². The van der Waals surface area contributed by atoms with E-state index in [-0.39, 0.29) is 5.91 Å². The fourth-order valence-electron chi connectivity index (χ4n) is 2.11. The highest BCUT2D eigenvalue weighted by Crippen LogP contribution is 2.15. The van der Waals surface area contributed by atoms with Gasteiger partial charge in [0.15, 0.2) is 0 Å².